The number of piperidine rings is 1. The minimum absolute atomic E-state index is 0.242. The molecule has 7 nitrogen and oxygen atoms in total. The van der Waals surface area contributed by atoms with Crippen LogP contribution in [0.3, 0.4) is 0 Å². The normalized spacial score (nSPS) is 17.2. The molecule has 1 aromatic heterocycles. The lowest BCUT2D eigenvalue weighted by molar-refractivity contribution is -0.149. The Balaban J connectivity index is 1.59. The van der Waals surface area contributed by atoms with Gasteiger partial charge in [0.15, 0.2) is 6.61 Å². The van der Waals surface area contributed by atoms with Gasteiger partial charge in [-0.15, -0.1) is 0 Å². The number of aromatic amines is 1. The number of ketones is 1. The zero-order valence-corrected chi connectivity index (χ0v) is 17.4. The highest BCUT2D eigenvalue weighted by Crippen LogP contribution is 2.23. The van der Waals surface area contributed by atoms with Crippen molar-refractivity contribution >= 4 is 28.7 Å². The summed E-state index contributed by atoms with van der Waals surface area (Å²) in [4.78, 5) is 42.2. The van der Waals surface area contributed by atoms with Crippen LogP contribution in [-0.4, -0.2) is 53.0 Å². The molecule has 0 radical (unpaired) electrons. The molecule has 1 unspecified atom stereocenters. The van der Waals surface area contributed by atoms with Crippen molar-refractivity contribution < 1.29 is 23.9 Å². The molecule has 2 aromatic rings. The van der Waals surface area contributed by atoms with E-state index in [1.54, 1.807) is 20.8 Å². The number of carbonyl (C=O) groups is 3. The highest BCUT2D eigenvalue weighted by atomic mass is 16.6. The van der Waals surface area contributed by atoms with Crippen LogP contribution in [0.2, 0.25) is 0 Å². The summed E-state index contributed by atoms with van der Waals surface area (Å²) >= 11 is 0. The van der Waals surface area contributed by atoms with E-state index >= 15 is 0 Å². The van der Waals surface area contributed by atoms with E-state index in [1.807, 2.05) is 31.2 Å². The van der Waals surface area contributed by atoms with Crippen LogP contribution in [0.5, 0.6) is 0 Å². The van der Waals surface area contributed by atoms with Gasteiger partial charge in [-0.25, -0.2) is 4.79 Å². The maximum absolute atomic E-state index is 12.7. The van der Waals surface area contributed by atoms with Crippen molar-refractivity contribution in [1.29, 1.82) is 0 Å². The van der Waals surface area contributed by atoms with Crippen molar-refractivity contribution in [2.75, 3.05) is 19.7 Å². The minimum atomic E-state index is -0.589. The average molecular weight is 400 g/mol. The number of Topliss-reactive ketones (excluding diaryl/α,β-unsaturated/α-hetero) is 1. The van der Waals surface area contributed by atoms with E-state index in [1.165, 1.54) is 4.90 Å². The van der Waals surface area contributed by atoms with Gasteiger partial charge in [0.1, 0.15) is 5.60 Å². The highest BCUT2D eigenvalue weighted by molar-refractivity contribution is 6.10. The zero-order valence-electron chi connectivity index (χ0n) is 17.4. The number of nitrogens with zero attached hydrogens (tertiary/aromatic N) is 1. The Morgan fingerprint density at radius 3 is 2.66 bits per heavy atom. The minimum Gasteiger partial charge on any atom is -0.457 e. The fourth-order valence-corrected chi connectivity index (χ4v) is 3.62. The first-order chi connectivity index (χ1) is 13.7. The van der Waals surface area contributed by atoms with Crippen molar-refractivity contribution in [2.24, 2.45) is 5.92 Å². The number of likely N-dealkylation sites (tertiary alicyclic amines) is 1. The maximum atomic E-state index is 12.7. The molecule has 0 saturated carbocycles. The van der Waals surface area contributed by atoms with Gasteiger partial charge in [0.05, 0.1) is 5.92 Å². The Kier molecular flexibility index (Phi) is 5.96. The lowest BCUT2D eigenvalue weighted by Crippen LogP contribution is -2.45. The van der Waals surface area contributed by atoms with Gasteiger partial charge in [0.2, 0.25) is 5.78 Å². The van der Waals surface area contributed by atoms with Crippen LogP contribution in [0, 0.1) is 12.8 Å². The second kappa shape index (κ2) is 8.27. The number of nitrogens with one attached hydrogen (secondary N) is 1. The van der Waals surface area contributed by atoms with Crippen LogP contribution in [0.4, 0.5) is 4.79 Å². The number of para-hydroxylation sites is 1. The van der Waals surface area contributed by atoms with Crippen LogP contribution in [0.15, 0.2) is 24.3 Å². The van der Waals surface area contributed by atoms with E-state index in [-0.39, 0.29) is 18.9 Å². The summed E-state index contributed by atoms with van der Waals surface area (Å²) in [6.07, 6.45) is 0.882. The van der Waals surface area contributed by atoms with Gasteiger partial charge in [0.25, 0.3) is 0 Å². The first kappa shape index (κ1) is 20.9. The smallest absolute Gasteiger partial charge is 0.410 e. The molecule has 2 heterocycles. The number of aryl methyl sites for hydroxylation is 1. The number of aromatic nitrogens is 1. The molecule has 0 bridgehead atoms. The van der Waals surface area contributed by atoms with Crippen LogP contribution in [0.25, 0.3) is 10.9 Å². The zero-order chi connectivity index (χ0) is 21.2. The van der Waals surface area contributed by atoms with Crippen LogP contribution in [0.1, 0.15) is 49.7 Å². The molecule has 0 spiro atoms. The number of fused-ring (bicyclic) bond motifs is 1. The van der Waals surface area contributed by atoms with Gasteiger partial charge in [-0.3, -0.25) is 9.59 Å². The molecule has 0 aliphatic carbocycles. The van der Waals surface area contributed by atoms with E-state index in [9.17, 15) is 14.4 Å². The maximum Gasteiger partial charge on any atom is 0.410 e. The van der Waals surface area contributed by atoms with Gasteiger partial charge < -0.3 is 19.4 Å². The topological polar surface area (TPSA) is 88.7 Å². The number of rotatable bonds is 4. The Morgan fingerprint density at radius 1 is 1.21 bits per heavy atom. The van der Waals surface area contributed by atoms with Crippen molar-refractivity contribution in [3.63, 3.8) is 0 Å². The van der Waals surface area contributed by atoms with E-state index in [2.05, 4.69) is 4.98 Å². The van der Waals surface area contributed by atoms with E-state index < -0.39 is 23.6 Å². The van der Waals surface area contributed by atoms with E-state index in [0.29, 0.717) is 24.9 Å². The first-order valence-corrected chi connectivity index (χ1v) is 9.91. The van der Waals surface area contributed by atoms with Crippen molar-refractivity contribution in [3.8, 4) is 0 Å². The highest BCUT2D eigenvalue weighted by Gasteiger charge is 2.32. The Hall–Kier alpha value is -2.83. The predicted molar refractivity (Wildman–Crippen MR) is 109 cm³/mol. The number of amides is 1. The number of benzene rings is 1. The second-order valence-electron chi connectivity index (χ2n) is 8.47. The molecule has 29 heavy (non-hydrogen) atoms. The lowest BCUT2D eigenvalue weighted by atomic mass is 9.98. The number of hydrogen-bond donors (Lipinski definition) is 1. The standard InChI is InChI=1S/C22H28N2O5/c1-14-19(16-9-5-6-10-17(16)23-14)18(25)13-28-20(26)15-8-7-11-24(12-15)21(27)29-22(2,3)4/h5-6,9-10,15,23H,7-8,11-13H2,1-4H3. The molecule has 156 valence electrons. The summed E-state index contributed by atoms with van der Waals surface area (Å²) in [7, 11) is 0. The quantitative estimate of drug-likeness (QED) is 0.622. The van der Waals surface area contributed by atoms with Gasteiger partial charge in [0, 0.05) is 35.2 Å². The molecule has 1 amide bonds. The fraction of sp³-hybridized carbons (Fsp3) is 0.500. The first-order valence-electron chi connectivity index (χ1n) is 9.91. The molecular weight excluding hydrogens is 372 g/mol. The Morgan fingerprint density at radius 2 is 1.93 bits per heavy atom. The summed E-state index contributed by atoms with van der Waals surface area (Å²) < 4.78 is 10.7. The average Bonchev–Trinajstić information content (AvgIpc) is 3.00. The summed E-state index contributed by atoms with van der Waals surface area (Å²) in [6, 6.07) is 7.53. The Labute approximate surface area is 170 Å². The van der Waals surface area contributed by atoms with E-state index in [0.717, 1.165) is 16.6 Å². The van der Waals surface area contributed by atoms with Crippen LogP contribution >= 0.6 is 0 Å². The van der Waals surface area contributed by atoms with Gasteiger partial charge >= 0.3 is 12.1 Å². The third-order valence-corrected chi connectivity index (χ3v) is 4.92. The monoisotopic (exact) mass is 400 g/mol. The SMILES string of the molecule is Cc1[nH]c2ccccc2c1C(=O)COC(=O)C1CCCN(C(=O)OC(C)(C)C)C1. The van der Waals surface area contributed by atoms with Gasteiger partial charge in [-0.2, -0.15) is 0 Å². The van der Waals surface area contributed by atoms with Gasteiger partial charge in [-0.05, 0) is 46.6 Å². The molecule has 7 heteroatoms. The summed E-state index contributed by atoms with van der Waals surface area (Å²) in [6.45, 7) is 7.72. The molecular formula is C22H28N2O5. The Bertz CT molecular complexity index is 925. The van der Waals surface area contributed by atoms with Crippen LogP contribution < -0.4 is 0 Å². The van der Waals surface area contributed by atoms with Crippen LogP contribution in [-0.2, 0) is 14.3 Å². The molecule has 1 saturated heterocycles. The molecule has 1 fully saturated rings. The van der Waals surface area contributed by atoms with E-state index in [4.69, 9.17) is 9.47 Å². The number of carbonyl (C=O) groups excluding carboxylic acids is 3. The predicted octanol–water partition coefficient (Wildman–Crippen LogP) is 3.85. The summed E-state index contributed by atoms with van der Waals surface area (Å²) in [5, 5.41) is 0.819. The third-order valence-electron chi connectivity index (χ3n) is 4.92. The molecule has 3 rings (SSSR count). The largest absolute Gasteiger partial charge is 0.457 e. The number of H-pyrrole nitrogens is 1. The molecule has 1 aromatic carbocycles. The molecule has 1 N–H and O–H groups in total. The van der Waals surface area contributed by atoms with Crippen molar-refractivity contribution in [3.05, 3.63) is 35.5 Å². The summed E-state index contributed by atoms with van der Waals surface area (Å²) in [5.74, 6) is -1.15. The molecule has 1 aliphatic rings. The number of esters is 1. The molecule has 1 atom stereocenters. The lowest BCUT2D eigenvalue weighted by Gasteiger charge is -2.33. The molecule has 1 aliphatic heterocycles. The van der Waals surface area contributed by atoms with Crippen molar-refractivity contribution in [1.82, 2.24) is 9.88 Å². The number of hydrogen-bond acceptors (Lipinski definition) is 5. The number of ether oxygens (including phenoxy) is 2. The van der Waals surface area contributed by atoms with Gasteiger partial charge in [-0.1, -0.05) is 18.2 Å². The van der Waals surface area contributed by atoms with Crippen molar-refractivity contribution in [2.45, 2.75) is 46.1 Å². The summed E-state index contributed by atoms with van der Waals surface area (Å²) in [5.41, 5.74) is 1.59. The third kappa shape index (κ3) is 4.96. The second-order valence-corrected chi connectivity index (χ2v) is 8.47. The fourth-order valence-electron chi connectivity index (χ4n) is 3.62.